The Balaban J connectivity index is 1.47. The van der Waals surface area contributed by atoms with E-state index in [2.05, 4.69) is 68.4 Å². The van der Waals surface area contributed by atoms with Crippen LogP contribution in [-0.4, -0.2) is 19.3 Å². The smallest absolute Gasteiger partial charge is 0.134 e. The summed E-state index contributed by atoms with van der Waals surface area (Å²) in [4.78, 5) is 0. The van der Waals surface area contributed by atoms with Gasteiger partial charge < -0.3 is 9.47 Å². The van der Waals surface area contributed by atoms with Gasteiger partial charge in [0.2, 0.25) is 0 Å². The number of benzene rings is 4. The van der Waals surface area contributed by atoms with Crippen LogP contribution in [0.15, 0.2) is 72.8 Å². The van der Waals surface area contributed by atoms with E-state index in [0.717, 1.165) is 58.0 Å². The van der Waals surface area contributed by atoms with Gasteiger partial charge in [-0.1, -0.05) is 77.8 Å². The van der Waals surface area contributed by atoms with Gasteiger partial charge in [-0.3, -0.25) is 0 Å². The third kappa shape index (κ3) is 5.07. The second kappa shape index (κ2) is 10.2. The Labute approximate surface area is 217 Å². The summed E-state index contributed by atoms with van der Waals surface area (Å²) in [6.45, 7) is 4.37. The van der Waals surface area contributed by atoms with Crippen LogP contribution in [-0.2, 0) is 11.2 Å². The Morgan fingerprint density at radius 2 is 1.49 bits per heavy atom. The molecule has 4 aromatic rings. The van der Waals surface area contributed by atoms with Crippen molar-refractivity contribution in [3.8, 4) is 28.0 Å². The zero-order valence-electron chi connectivity index (χ0n) is 20.4. The van der Waals surface area contributed by atoms with Gasteiger partial charge in [-0.05, 0) is 84.9 Å². The number of hydrogen-bond acceptors (Lipinski definition) is 2. The quantitative estimate of drug-likeness (QED) is 0.269. The minimum Gasteiger partial charge on any atom is -0.495 e. The molecule has 1 aliphatic rings. The normalized spacial score (nSPS) is 20.2. The molecule has 2 nitrogen and oxygen atoms in total. The van der Waals surface area contributed by atoms with Gasteiger partial charge in [0.15, 0.2) is 0 Å². The largest absolute Gasteiger partial charge is 0.495 e. The van der Waals surface area contributed by atoms with E-state index in [9.17, 15) is 0 Å². The summed E-state index contributed by atoms with van der Waals surface area (Å²) in [5, 5.41) is 3.29. The van der Waals surface area contributed by atoms with Gasteiger partial charge in [0.1, 0.15) is 5.75 Å². The molecule has 0 N–H and O–H groups in total. The van der Waals surface area contributed by atoms with Crippen LogP contribution in [0.1, 0.15) is 32.3 Å². The van der Waals surface area contributed by atoms with Crippen molar-refractivity contribution in [1.82, 2.24) is 0 Å². The molecule has 1 heterocycles. The second-order valence-electron chi connectivity index (χ2n) is 9.67. The van der Waals surface area contributed by atoms with Crippen molar-refractivity contribution < 1.29 is 9.47 Å². The maximum absolute atomic E-state index is 6.30. The lowest BCUT2D eigenvalue weighted by Gasteiger charge is -2.32. The second-order valence-corrected chi connectivity index (χ2v) is 10.5. The maximum atomic E-state index is 6.30. The number of rotatable bonds is 5. The van der Waals surface area contributed by atoms with Crippen LogP contribution in [0.2, 0.25) is 10.0 Å². The molecule has 0 aliphatic carbocycles. The van der Waals surface area contributed by atoms with E-state index in [0.29, 0.717) is 28.2 Å². The summed E-state index contributed by atoms with van der Waals surface area (Å²) in [6.07, 6.45) is 4.05. The molecule has 4 aromatic carbocycles. The first-order valence-corrected chi connectivity index (χ1v) is 13.0. The molecule has 0 saturated carbocycles. The van der Waals surface area contributed by atoms with Crippen LogP contribution in [0.5, 0.6) is 5.75 Å². The topological polar surface area (TPSA) is 18.5 Å². The summed E-state index contributed by atoms with van der Waals surface area (Å²) in [6, 6.07) is 25.3. The highest BCUT2D eigenvalue weighted by Crippen LogP contribution is 2.41. The third-order valence-corrected chi connectivity index (χ3v) is 7.77. The highest BCUT2D eigenvalue weighted by Gasteiger charge is 2.24. The van der Waals surface area contributed by atoms with Crippen LogP contribution in [0.4, 0.5) is 0 Å². The van der Waals surface area contributed by atoms with Crippen molar-refractivity contribution in [3.63, 3.8) is 0 Å². The zero-order chi connectivity index (χ0) is 24.5. The van der Waals surface area contributed by atoms with Crippen molar-refractivity contribution in [2.75, 3.05) is 7.11 Å². The van der Waals surface area contributed by atoms with Crippen molar-refractivity contribution in [2.45, 2.75) is 45.3 Å². The Morgan fingerprint density at radius 3 is 2.17 bits per heavy atom. The lowest BCUT2D eigenvalue weighted by atomic mass is 9.86. The van der Waals surface area contributed by atoms with E-state index in [1.807, 2.05) is 18.2 Å². The zero-order valence-corrected chi connectivity index (χ0v) is 21.9. The van der Waals surface area contributed by atoms with Gasteiger partial charge in [0, 0.05) is 10.9 Å². The molecule has 5 rings (SSSR count). The van der Waals surface area contributed by atoms with Gasteiger partial charge in [0.05, 0.1) is 29.4 Å². The van der Waals surface area contributed by atoms with Crippen molar-refractivity contribution >= 4 is 34.0 Å². The van der Waals surface area contributed by atoms with Gasteiger partial charge >= 0.3 is 0 Å². The van der Waals surface area contributed by atoms with E-state index < -0.39 is 0 Å². The van der Waals surface area contributed by atoms with Crippen LogP contribution < -0.4 is 4.74 Å². The highest BCUT2D eigenvalue weighted by molar-refractivity contribution is 6.42. The predicted octanol–water partition coefficient (Wildman–Crippen LogP) is 9.24. The van der Waals surface area contributed by atoms with Crippen molar-refractivity contribution in [1.29, 1.82) is 0 Å². The van der Waals surface area contributed by atoms with Crippen LogP contribution in [0, 0.1) is 5.92 Å². The third-order valence-electron chi connectivity index (χ3n) is 7.03. The summed E-state index contributed by atoms with van der Waals surface area (Å²) in [7, 11) is 1.74. The molecule has 0 aromatic heterocycles. The molecule has 0 bridgehead atoms. The number of hydrogen-bond donors (Lipinski definition) is 0. The van der Waals surface area contributed by atoms with Crippen molar-refractivity contribution in [3.05, 3.63) is 88.4 Å². The van der Waals surface area contributed by atoms with Crippen LogP contribution in [0.3, 0.4) is 0 Å². The highest BCUT2D eigenvalue weighted by atomic mass is 35.5. The average Bonchev–Trinajstić information content (AvgIpc) is 2.84. The van der Waals surface area contributed by atoms with Gasteiger partial charge in [-0.15, -0.1) is 0 Å². The molecule has 0 amide bonds. The Morgan fingerprint density at radius 1 is 0.771 bits per heavy atom. The number of methoxy groups -OCH3 is 1. The Bertz CT molecular complexity index is 1340. The van der Waals surface area contributed by atoms with E-state index in [1.165, 1.54) is 5.56 Å². The number of ether oxygens (including phenoxy) is 2. The molecule has 3 atom stereocenters. The molecular weight excluding hydrogens is 475 g/mol. The molecule has 1 unspecified atom stereocenters. The van der Waals surface area contributed by atoms with Gasteiger partial charge in [-0.25, -0.2) is 0 Å². The van der Waals surface area contributed by atoms with E-state index in [4.69, 9.17) is 32.7 Å². The molecule has 0 radical (unpaired) electrons. The molecule has 4 heteroatoms. The van der Waals surface area contributed by atoms with Gasteiger partial charge in [-0.2, -0.15) is 0 Å². The fraction of sp³-hybridized carbons (Fsp3) is 0.290. The molecule has 1 saturated heterocycles. The molecule has 180 valence electrons. The van der Waals surface area contributed by atoms with Crippen LogP contribution >= 0.6 is 23.2 Å². The number of fused-ring (bicyclic) bond motifs is 1. The molecule has 1 aliphatic heterocycles. The lowest BCUT2D eigenvalue weighted by molar-refractivity contribution is -0.0518. The first-order valence-electron chi connectivity index (χ1n) is 12.2. The van der Waals surface area contributed by atoms with Gasteiger partial charge in [0.25, 0.3) is 0 Å². The van der Waals surface area contributed by atoms with E-state index in [-0.39, 0.29) is 0 Å². The average molecular weight is 505 g/mol. The SMILES string of the molecule is COc1c(-c2ccc(CC3C[C@@H](C)O[C@@H](C)C3)cc2)ccc2c(-c3ccc(Cl)c(Cl)c3)cccc12. The fourth-order valence-electron chi connectivity index (χ4n) is 5.56. The summed E-state index contributed by atoms with van der Waals surface area (Å²) in [5.41, 5.74) is 5.75. The Kier molecular flexibility index (Phi) is 7.07. The predicted molar refractivity (Wildman–Crippen MR) is 148 cm³/mol. The first kappa shape index (κ1) is 24.2. The molecule has 35 heavy (non-hydrogen) atoms. The minimum atomic E-state index is 0.346. The molecule has 1 fully saturated rings. The van der Waals surface area contributed by atoms with E-state index >= 15 is 0 Å². The lowest BCUT2D eigenvalue weighted by Crippen LogP contribution is -2.30. The van der Waals surface area contributed by atoms with Crippen molar-refractivity contribution in [2.24, 2.45) is 5.92 Å². The number of halogens is 2. The minimum absolute atomic E-state index is 0.346. The van der Waals surface area contributed by atoms with Crippen LogP contribution in [0.25, 0.3) is 33.0 Å². The standard InChI is InChI=1S/C31H30Cl2O2/c1-19-15-22(16-20(2)35-19)17-21-7-9-23(10-8-21)26-12-13-27-25(5-4-6-28(27)31(26)34-3)24-11-14-29(32)30(33)18-24/h4-14,18-20,22H,15-17H2,1-3H3/t19-,20+,22?. The van der Waals surface area contributed by atoms with E-state index in [1.54, 1.807) is 7.11 Å². The summed E-state index contributed by atoms with van der Waals surface area (Å²) in [5.74, 6) is 1.55. The first-order chi connectivity index (χ1) is 16.9. The fourth-order valence-corrected chi connectivity index (χ4v) is 5.85. The summed E-state index contributed by atoms with van der Waals surface area (Å²) < 4.78 is 11.9. The Hall–Kier alpha value is -2.52. The monoisotopic (exact) mass is 504 g/mol. The maximum Gasteiger partial charge on any atom is 0.134 e. The molecule has 0 spiro atoms. The summed E-state index contributed by atoms with van der Waals surface area (Å²) >= 11 is 12.4. The molecular formula is C31H30Cl2O2.